The molecule has 4 nitrogen and oxygen atoms in total. The summed E-state index contributed by atoms with van der Waals surface area (Å²) in [4.78, 5) is -0.810. The van der Waals surface area contributed by atoms with E-state index in [0.717, 1.165) is 19.2 Å². The number of alkyl halides is 2. The third-order valence-electron chi connectivity index (χ3n) is 1.91. The van der Waals surface area contributed by atoms with Crippen LogP contribution in [0.2, 0.25) is 0 Å². The Morgan fingerprint density at radius 3 is 2.41 bits per heavy atom. The number of halogens is 3. The molecule has 0 saturated heterocycles. The number of nitrogens with zero attached hydrogens (tertiary/aromatic N) is 1. The van der Waals surface area contributed by atoms with Gasteiger partial charge in [0, 0.05) is 16.2 Å². The molecule has 0 spiro atoms. The Kier molecular flexibility index (Phi) is 3.91. The van der Waals surface area contributed by atoms with Gasteiger partial charge < -0.3 is 4.74 Å². The molecule has 0 fully saturated rings. The van der Waals surface area contributed by atoms with Gasteiger partial charge in [-0.2, -0.15) is 5.26 Å². The Labute approximate surface area is 101 Å². The van der Waals surface area contributed by atoms with Crippen molar-refractivity contribution in [3.05, 3.63) is 23.3 Å². The Balaban J connectivity index is 3.72. The molecule has 1 rings (SSSR count). The number of benzene rings is 1. The van der Waals surface area contributed by atoms with Gasteiger partial charge in [0.1, 0.15) is 10.6 Å². The molecule has 0 amide bonds. The van der Waals surface area contributed by atoms with Crippen LogP contribution in [-0.4, -0.2) is 15.5 Å². The maximum absolute atomic E-state index is 12.7. The molecule has 0 aliphatic heterocycles. The van der Waals surface area contributed by atoms with E-state index >= 15 is 0 Å². The molecule has 0 N–H and O–H groups in total. The zero-order valence-electron chi connectivity index (χ0n) is 8.45. The fourth-order valence-corrected chi connectivity index (χ4v) is 2.57. The zero-order chi connectivity index (χ0) is 13.2. The third-order valence-corrected chi connectivity index (χ3v) is 3.30. The van der Waals surface area contributed by atoms with Crippen molar-refractivity contribution in [2.24, 2.45) is 0 Å². The Bertz CT molecular complexity index is 581. The lowest BCUT2D eigenvalue weighted by Gasteiger charge is -2.11. The Morgan fingerprint density at radius 1 is 1.47 bits per heavy atom. The highest BCUT2D eigenvalue weighted by atomic mass is 35.7. The molecule has 0 saturated carbocycles. The van der Waals surface area contributed by atoms with E-state index in [4.69, 9.17) is 15.9 Å². The molecule has 0 atom stereocenters. The quantitative estimate of drug-likeness (QED) is 0.798. The lowest BCUT2D eigenvalue weighted by Crippen LogP contribution is -2.03. The third kappa shape index (κ3) is 2.84. The highest BCUT2D eigenvalue weighted by Crippen LogP contribution is 2.36. The zero-order valence-corrected chi connectivity index (χ0v) is 10.0. The topological polar surface area (TPSA) is 67.2 Å². The van der Waals surface area contributed by atoms with Gasteiger partial charge in [-0.15, -0.1) is 0 Å². The summed E-state index contributed by atoms with van der Waals surface area (Å²) >= 11 is 0. The molecule has 0 bridgehead atoms. The summed E-state index contributed by atoms with van der Waals surface area (Å²) in [6.07, 6.45) is -3.08. The molecule has 17 heavy (non-hydrogen) atoms. The van der Waals surface area contributed by atoms with Crippen molar-refractivity contribution >= 4 is 19.7 Å². The second-order valence-corrected chi connectivity index (χ2v) is 5.45. The van der Waals surface area contributed by atoms with Crippen LogP contribution in [0.5, 0.6) is 5.75 Å². The van der Waals surface area contributed by atoms with E-state index in [1.807, 2.05) is 0 Å². The van der Waals surface area contributed by atoms with E-state index in [1.54, 1.807) is 6.07 Å². The lowest BCUT2D eigenvalue weighted by molar-refractivity contribution is 0.147. The van der Waals surface area contributed by atoms with Gasteiger partial charge in [0.05, 0.1) is 18.7 Å². The number of rotatable bonds is 3. The first-order chi connectivity index (χ1) is 7.81. The van der Waals surface area contributed by atoms with E-state index in [2.05, 4.69) is 4.74 Å². The van der Waals surface area contributed by atoms with E-state index in [9.17, 15) is 17.2 Å². The number of ether oxygens (including phenoxy) is 1. The van der Waals surface area contributed by atoms with Gasteiger partial charge in [0.25, 0.3) is 15.5 Å². The second kappa shape index (κ2) is 4.85. The number of hydrogen-bond acceptors (Lipinski definition) is 4. The van der Waals surface area contributed by atoms with Crippen LogP contribution in [0.25, 0.3) is 0 Å². The van der Waals surface area contributed by atoms with Crippen LogP contribution in [0.4, 0.5) is 8.78 Å². The van der Waals surface area contributed by atoms with E-state index < -0.39 is 25.9 Å². The summed E-state index contributed by atoms with van der Waals surface area (Å²) in [7, 11) is 1.77. The van der Waals surface area contributed by atoms with E-state index in [-0.39, 0.29) is 11.3 Å². The van der Waals surface area contributed by atoms with Crippen molar-refractivity contribution in [1.29, 1.82) is 5.26 Å². The van der Waals surface area contributed by atoms with Crippen molar-refractivity contribution in [2.75, 3.05) is 7.11 Å². The first kappa shape index (κ1) is 13.7. The maximum Gasteiger partial charge on any atom is 0.265 e. The predicted octanol–water partition coefficient (Wildman–Crippen LogP) is 2.43. The van der Waals surface area contributed by atoms with Crippen LogP contribution in [0, 0.1) is 11.3 Å². The monoisotopic (exact) mass is 281 g/mol. The number of nitriles is 1. The van der Waals surface area contributed by atoms with Gasteiger partial charge in [-0.1, -0.05) is 0 Å². The van der Waals surface area contributed by atoms with Gasteiger partial charge >= 0.3 is 0 Å². The number of methoxy groups -OCH3 is 1. The lowest BCUT2D eigenvalue weighted by atomic mass is 10.1. The summed E-state index contributed by atoms with van der Waals surface area (Å²) in [5, 5.41) is 8.62. The minimum absolute atomic E-state index is 0.138. The largest absolute Gasteiger partial charge is 0.495 e. The van der Waals surface area contributed by atoms with Crippen LogP contribution in [-0.2, 0) is 9.05 Å². The molecule has 0 heterocycles. The molecular weight excluding hydrogens is 276 g/mol. The summed E-state index contributed by atoms with van der Waals surface area (Å²) in [5.41, 5.74) is -0.989. The molecule has 0 aliphatic rings. The average Bonchev–Trinajstić information content (AvgIpc) is 2.25. The Morgan fingerprint density at radius 2 is 2.06 bits per heavy atom. The van der Waals surface area contributed by atoms with Gasteiger partial charge in [0.15, 0.2) is 0 Å². The first-order valence-corrected chi connectivity index (χ1v) is 6.47. The Hall–Kier alpha value is -1.39. The smallest absolute Gasteiger partial charge is 0.265 e. The second-order valence-electron chi connectivity index (χ2n) is 2.95. The minimum Gasteiger partial charge on any atom is -0.495 e. The fraction of sp³-hybridized carbons (Fsp3) is 0.222. The van der Waals surface area contributed by atoms with Crippen molar-refractivity contribution < 1.29 is 21.9 Å². The van der Waals surface area contributed by atoms with Gasteiger partial charge in [-0.05, 0) is 12.1 Å². The molecule has 0 unspecified atom stereocenters. The SMILES string of the molecule is COc1cc(C#N)cc(C(F)F)c1S(=O)(=O)Cl. The van der Waals surface area contributed by atoms with Crippen molar-refractivity contribution in [3.8, 4) is 11.8 Å². The maximum atomic E-state index is 12.7. The van der Waals surface area contributed by atoms with Crippen LogP contribution in [0.3, 0.4) is 0 Å². The fourth-order valence-electron chi connectivity index (χ4n) is 1.26. The molecule has 8 heteroatoms. The molecule has 92 valence electrons. The van der Waals surface area contributed by atoms with Crippen LogP contribution in [0.15, 0.2) is 17.0 Å². The van der Waals surface area contributed by atoms with Crippen molar-refractivity contribution in [1.82, 2.24) is 0 Å². The van der Waals surface area contributed by atoms with Crippen molar-refractivity contribution in [3.63, 3.8) is 0 Å². The summed E-state index contributed by atoms with van der Waals surface area (Å²) < 4.78 is 52.5. The molecular formula is C9H6ClF2NO3S. The summed E-state index contributed by atoms with van der Waals surface area (Å²) in [5.74, 6) is -0.380. The minimum atomic E-state index is -4.39. The normalized spacial score (nSPS) is 11.3. The molecule has 0 aromatic heterocycles. The highest BCUT2D eigenvalue weighted by Gasteiger charge is 2.27. The summed E-state index contributed by atoms with van der Waals surface area (Å²) in [6.45, 7) is 0. The predicted molar refractivity (Wildman–Crippen MR) is 55.7 cm³/mol. The van der Waals surface area contributed by atoms with Crippen LogP contribution >= 0.6 is 10.7 Å². The molecule has 1 aromatic carbocycles. The molecule has 1 aromatic rings. The standard InChI is InChI=1S/C9H6ClF2NO3S/c1-16-7-3-5(4-13)2-6(9(11)12)8(7)17(10,14)15/h2-3,9H,1H3. The van der Waals surface area contributed by atoms with Crippen molar-refractivity contribution in [2.45, 2.75) is 11.3 Å². The van der Waals surface area contributed by atoms with Gasteiger partial charge in [-0.25, -0.2) is 17.2 Å². The van der Waals surface area contributed by atoms with Gasteiger partial charge in [0.2, 0.25) is 0 Å². The molecule has 0 radical (unpaired) electrons. The average molecular weight is 282 g/mol. The van der Waals surface area contributed by atoms with E-state index in [1.165, 1.54) is 0 Å². The first-order valence-electron chi connectivity index (χ1n) is 4.16. The number of hydrogen-bond donors (Lipinski definition) is 0. The van der Waals surface area contributed by atoms with Gasteiger partial charge in [-0.3, -0.25) is 0 Å². The van der Waals surface area contributed by atoms with Crippen LogP contribution < -0.4 is 4.74 Å². The highest BCUT2D eigenvalue weighted by molar-refractivity contribution is 8.13. The molecule has 0 aliphatic carbocycles. The van der Waals surface area contributed by atoms with E-state index in [0.29, 0.717) is 0 Å². The van der Waals surface area contributed by atoms with Crippen LogP contribution in [0.1, 0.15) is 17.6 Å². The summed E-state index contributed by atoms with van der Waals surface area (Å²) in [6, 6.07) is 3.42.